The van der Waals surface area contributed by atoms with Crippen LogP contribution in [0.15, 0.2) is 34.9 Å². The first-order valence-electron chi connectivity index (χ1n) is 6.20. The highest BCUT2D eigenvalue weighted by Gasteiger charge is 2.20. The number of benzene rings is 1. The zero-order valence-corrected chi connectivity index (χ0v) is 11.2. The topological polar surface area (TPSA) is 45.4 Å². The van der Waals surface area contributed by atoms with Gasteiger partial charge in [0.1, 0.15) is 5.58 Å². The van der Waals surface area contributed by atoms with Gasteiger partial charge >= 0.3 is 0 Å². The van der Waals surface area contributed by atoms with Gasteiger partial charge in [0.25, 0.3) is 0 Å². The third-order valence-corrected chi connectivity index (χ3v) is 3.31. The summed E-state index contributed by atoms with van der Waals surface area (Å²) in [5, 5.41) is 14.7. The second-order valence-electron chi connectivity index (χ2n) is 4.30. The monoisotopic (exact) mass is 267 g/mol. The number of alkyl halides is 1. The molecule has 3 nitrogen and oxygen atoms in total. The van der Waals surface area contributed by atoms with Gasteiger partial charge in [0, 0.05) is 17.3 Å². The Hall–Kier alpha value is -1.03. The van der Waals surface area contributed by atoms with Crippen molar-refractivity contribution < 1.29 is 9.52 Å². The number of likely N-dealkylation sites (N-methyl/N-ethyl adjacent to an activating group) is 1. The molecule has 1 aromatic heterocycles. The second-order valence-corrected chi connectivity index (χ2v) is 4.68. The van der Waals surface area contributed by atoms with Gasteiger partial charge in [-0.25, -0.2) is 0 Å². The van der Waals surface area contributed by atoms with E-state index in [0.717, 1.165) is 29.5 Å². The van der Waals surface area contributed by atoms with Crippen LogP contribution in [0.4, 0.5) is 0 Å². The molecule has 0 aliphatic rings. The van der Waals surface area contributed by atoms with Crippen LogP contribution in [0.3, 0.4) is 0 Å². The molecule has 98 valence electrons. The first kappa shape index (κ1) is 13.4. The van der Waals surface area contributed by atoms with E-state index in [0.29, 0.717) is 5.88 Å². The summed E-state index contributed by atoms with van der Waals surface area (Å²) in [5.74, 6) is 0.526. The molecule has 2 unspecified atom stereocenters. The molecule has 0 fully saturated rings. The maximum Gasteiger partial charge on any atom is 0.134 e. The summed E-state index contributed by atoms with van der Waals surface area (Å²) >= 11 is 5.77. The summed E-state index contributed by atoms with van der Waals surface area (Å²) in [4.78, 5) is 0. The van der Waals surface area contributed by atoms with Gasteiger partial charge in [0.05, 0.1) is 12.4 Å². The number of nitrogens with one attached hydrogen (secondary N) is 1. The van der Waals surface area contributed by atoms with Gasteiger partial charge in [-0.3, -0.25) is 0 Å². The van der Waals surface area contributed by atoms with Crippen LogP contribution in [0.2, 0.25) is 0 Å². The number of fused-ring (bicyclic) bond motifs is 1. The van der Waals surface area contributed by atoms with Gasteiger partial charge in [-0.05, 0) is 30.7 Å². The molecule has 0 bridgehead atoms. The molecule has 2 aromatic rings. The molecule has 0 aliphatic carbocycles. The molecule has 0 saturated carbocycles. The van der Waals surface area contributed by atoms with Crippen LogP contribution in [-0.4, -0.2) is 23.6 Å². The molecule has 0 spiro atoms. The fourth-order valence-electron chi connectivity index (χ4n) is 2.14. The Labute approximate surface area is 112 Å². The number of aliphatic hydroxyl groups is 1. The molecule has 2 atom stereocenters. The smallest absolute Gasteiger partial charge is 0.134 e. The summed E-state index contributed by atoms with van der Waals surface area (Å²) in [6.07, 6.45) is 1.81. The lowest BCUT2D eigenvalue weighted by molar-refractivity contribution is 0.127. The van der Waals surface area contributed by atoms with E-state index in [1.54, 1.807) is 6.26 Å². The summed E-state index contributed by atoms with van der Waals surface area (Å²) in [5.41, 5.74) is 1.65. The maximum absolute atomic E-state index is 10.4. The van der Waals surface area contributed by atoms with Gasteiger partial charge in [0.2, 0.25) is 0 Å². The molecular weight excluding hydrogens is 250 g/mol. The van der Waals surface area contributed by atoms with E-state index in [2.05, 4.69) is 5.32 Å². The Morgan fingerprint density at radius 2 is 2.22 bits per heavy atom. The van der Waals surface area contributed by atoms with E-state index in [4.69, 9.17) is 16.0 Å². The lowest BCUT2D eigenvalue weighted by Crippen LogP contribution is -2.35. The van der Waals surface area contributed by atoms with Crippen LogP contribution in [0.5, 0.6) is 0 Å². The first-order chi connectivity index (χ1) is 8.76. The Bertz CT molecular complexity index is 491. The molecule has 2 rings (SSSR count). The lowest BCUT2D eigenvalue weighted by Gasteiger charge is -2.23. The third-order valence-electron chi connectivity index (χ3n) is 3.09. The zero-order chi connectivity index (χ0) is 13.0. The number of hydrogen-bond donors (Lipinski definition) is 2. The van der Waals surface area contributed by atoms with Crippen molar-refractivity contribution in [3.05, 3.63) is 36.1 Å². The lowest BCUT2D eigenvalue weighted by atomic mass is 9.99. The predicted octanol–water partition coefficient (Wildman–Crippen LogP) is 3.07. The molecule has 1 aromatic carbocycles. The summed E-state index contributed by atoms with van der Waals surface area (Å²) in [7, 11) is 0. The Kier molecular flexibility index (Phi) is 4.64. The molecule has 0 amide bonds. The number of aliphatic hydroxyl groups excluding tert-OH is 1. The van der Waals surface area contributed by atoms with Gasteiger partial charge in [-0.2, -0.15) is 0 Å². The van der Waals surface area contributed by atoms with E-state index in [9.17, 15) is 5.11 Å². The summed E-state index contributed by atoms with van der Waals surface area (Å²) in [6.45, 7) is 2.82. The minimum Gasteiger partial charge on any atom is -0.464 e. The van der Waals surface area contributed by atoms with Crippen LogP contribution in [0.25, 0.3) is 11.0 Å². The van der Waals surface area contributed by atoms with Crippen LogP contribution >= 0.6 is 11.6 Å². The van der Waals surface area contributed by atoms with E-state index in [1.807, 2.05) is 31.2 Å². The van der Waals surface area contributed by atoms with Gasteiger partial charge in [-0.15, -0.1) is 11.6 Å². The number of halogens is 1. The van der Waals surface area contributed by atoms with Crippen molar-refractivity contribution in [1.82, 2.24) is 5.32 Å². The van der Waals surface area contributed by atoms with Crippen molar-refractivity contribution in [2.45, 2.75) is 25.5 Å². The normalized spacial score (nSPS) is 14.8. The fraction of sp³-hybridized carbons (Fsp3) is 0.429. The highest BCUT2D eigenvalue weighted by atomic mass is 35.5. The number of rotatable bonds is 6. The third kappa shape index (κ3) is 2.86. The van der Waals surface area contributed by atoms with E-state index >= 15 is 0 Å². The summed E-state index contributed by atoms with van der Waals surface area (Å²) < 4.78 is 5.35. The van der Waals surface area contributed by atoms with Crippen LogP contribution in [-0.2, 0) is 0 Å². The minimum atomic E-state index is -0.571. The molecule has 2 N–H and O–H groups in total. The van der Waals surface area contributed by atoms with E-state index < -0.39 is 6.10 Å². The zero-order valence-electron chi connectivity index (χ0n) is 10.4. The van der Waals surface area contributed by atoms with Gasteiger partial charge in [-0.1, -0.05) is 19.1 Å². The Morgan fingerprint density at radius 3 is 2.94 bits per heavy atom. The van der Waals surface area contributed by atoms with Crippen LogP contribution in [0.1, 0.15) is 25.0 Å². The van der Waals surface area contributed by atoms with Crippen molar-refractivity contribution in [1.29, 1.82) is 0 Å². The SMILES string of the molecule is CCNC(CCCl)C(O)c1ccc2ccoc2c1. The number of furan rings is 1. The first-order valence-corrected chi connectivity index (χ1v) is 6.74. The Balaban J connectivity index is 2.21. The molecule has 18 heavy (non-hydrogen) atoms. The maximum atomic E-state index is 10.4. The van der Waals surface area contributed by atoms with E-state index in [1.165, 1.54) is 0 Å². The largest absolute Gasteiger partial charge is 0.464 e. The predicted molar refractivity (Wildman–Crippen MR) is 74.0 cm³/mol. The summed E-state index contributed by atoms with van der Waals surface area (Å²) in [6, 6.07) is 7.66. The van der Waals surface area contributed by atoms with Crippen LogP contribution in [0, 0.1) is 0 Å². The molecular formula is C14H18ClNO2. The molecule has 0 radical (unpaired) electrons. The molecule has 4 heteroatoms. The Morgan fingerprint density at radius 1 is 1.39 bits per heavy atom. The second kappa shape index (κ2) is 6.23. The molecule has 0 aliphatic heterocycles. The van der Waals surface area contributed by atoms with E-state index in [-0.39, 0.29) is 6.04 Å². The van der Waals surface area contributed by atoms with Crippen molar-refractivity contribution in [3.63, 3.8) is 0 Å². The van der Waals surface area contributed by atoms with Crippen LogP contribution < -0.4 is 5.32 Å². The highest BCUT2D eigenvalue weighted by molar-refractivity contribution is 6.17. The highest BCUT2D eigenvalue weighted by Crippen LogP contribution is 2.24. The van der Waals surface area contributed by atoms with Crippen molar-refractivity contribution in [2.24, 2.45) is 0 Å². The number of hydrogen-bond acceptors (Lipinski definition) is 3. The molecule has 0 saturated heterocycles. The van der Waals surface area contributed by atoms with Crippen molar-refractivity contribution in [3.8, 4) is 0 Å². The quantitative estimate of drug-likeness (QED) is 0.791. The average molecular weight is 268 g/mol. The fourth-order valence-corrected chi connectivity index (χ4v) is 2.37. The minimum absolute atomic E-state index is 0.0279. The average Bonchev–Trinajstić information content (AvgIpc) is 2.84. The van der Waals surface area contributed by atoms with Crippen molar-refractivity contribution in [2.75, 3.05) is 12.4 Å². The molecule has 1 heterocycles. The standard InChI is InChI=1S/C14H18ClNO2/c1-2-16-12(5-7-15)14(17)11-4-3-10-6-8-18-13(10)9-11/h3-4,6,8-9,12,14,16-17H,2,5,7H2,1H3. The van der Waals surface area contributed by atoms with Crippen molar-refractivity contribution >= 4 is 22.6 Å². The van der Waals surface area contributed by atoms with Gasteiger partial charge < -0.3 is 14.8 Å². The van der Waals surface area contributed by atoms with Gasteiger partial charge in [0.15, 0.2) is 0 Å².